The molecule has 5 aliphatic rings. The number of hydrogen-bond donors (Lipinski definition) is 14. The van der Waals surface area contributed by atoms with Crippen LogP contribution in [0.3, 0.4) is 0 Å². The Morgan fingerprint density at radius 1 is 0.446 bits per heavy atom. The highest BCUT2D eigenvalue weighted by molar-refractivity contribution is 5.75. The number of esters is 1. The number of carbonyl (C=O) groups excluding carboxylic acids is 1. The molecule has 25 heteroatoms. The lowest BCUT2D eigenvalue weighted by Crippen LogP contribution is -2.68. The van der Waals surface area contributed by atoms with Crippen LogP contribution >= 0.6 is 0 Å². The molecule has 5 heterocycles. The Balaban J connectivity index is 1.43. The average Bonchev–Trinajstić information content (AvgIpc) is 3.17. The predicted octanol–water partition coefficient (Wildman–Crippen LogP) is -9.69. The molecule has 14 N–H and O–H groups in total. The second-order valence-electron chi connectivity index (χ2n) is 14.1. The molecule has 0 aromatic carbocycles. The van der Waals surface area contributed by atoms with E-state index >= 15 is 0 Å². The molecule has 0 aromatic heterocycles. The molecule has 326 valence electrons. The van der Waals surface area contributed by atoms with Crippen molar-refractivity contribution in [3.05, 3.63) is 0 Å². The minimum absolute atomic E-state index is 0.863. The van der Waals surface area contributed by atoms with E-state index in [2.05, 4.69) is 0 Å². The Hall–Kier alpha value is -1.45. The van der Waals surface area contributed by atoms with Crippen LogP contribution in [0.5, 0.6) is 0 Å². The number of rotatable bonds is 11. The number of methoxy groups -OCH3 is 1. The maximum absolute atomic E-state index is 12.9. The molecule has 56 heavy (non-hydrogen) atoms. The van der Waals surface area contributed by atoms with Crippen LogP contribution in [0, 0.1) is 0 Å². The molecule has 0 aliphatic carbocycles. The largest absolute Gasteiger partial charge is 0.467 e. The smallest absolute Gasteiger partial charge is 0.337 e. The first-order valence-electron chi connectivity index (χ1n) is 17.7. The summed E-state index contributed by atoms with van der Waals surface area (Å²) in [7, 11) is 0.915. The topological polar surface area (TPSA) is 393 Å². The van der Waals surface area contributed by atoms with Crippen LogP contribution in [-0.2, 0) is 52.2 Å². The van der Waals surface area contributed by atoms with Gasteiger partial charge in [0.1, 0.15) is 104 Å². The fourth-order valence-electron chi connectivity index (χ4n) is 6.94. The number of ether oxygens (including phenoxy) is 10. The van der Waals surface area contributed by atoms with E-state index in [-0.39, 0.29) is 0 Å². The summed E-state index contributed by atoms with van der Waals surface area (Å²) < 4.78 is 55.3. The SMILES string of the molecule is COC(=O)[C@H]1O[C@@H](O)[C@H](O[C@@H]2O[C@H](CO)[C@@H](O)[C@H](O)[C@H]2O)[C@@H](O)[C@@H]1O[C@@H]1O[C@H](CO)[C@H](O)[C@H](O)[C@H]1O[C@@H]1O[C@@H](C)[C@H](O)[C@@H](O)[C@H]1O[C@@H]1O[C@@H](C)[C@H](O)[C@@H](O)[C@H]1O. The summed E-state index contributed by atoms with van der Waals surface area (Å²) in [6, 6.07) is 0. The van der Waals surface area contributed by atoms with Gasteiger partial charge < -0.3 is 119 Å². The molecule has 5 fully saturated rings. The van der Waals surface area contributed by atoms with Gasteiger partial charge in [-0.3, -0.25) is 0 Å². The van der Waals surface area contributed by atoms with Crippen molar-refractivity contribution in [3.63, 3.8) is 0 Å². The van der Waals surface area contributed by atoms with Crippen LogP contribution in [0.25, 0.3) is 0 Å². The minimum Gasteiger partial charge on any atom is -0.467 e. The van der Waals surface area contributed by atoms with Crippen molar-refractivity contribution < 1.29 is 124 Å². The Morgan fingerprint density at radius 2 is 0.839 bits per heavy atom. The summed E-state index contributed by atoms with van der Waals surface area (Å²) in [5.74, 6) is -1.26. The first-order chi connectivity index (χ1) is 26.4. The molecule has 0 bridgehead atoms. The van der Waals surface area contributed by atoms with Gasteiger partial charge in [0, 0.05) is 0 Å². The molecule has 25 atom stereocenters. The summed E-state index contributed by atoms with van der Waals surface area (Å²) in [5, 5.41) is 147. The van der Waals surface area contributed by atoms with Crippen LogP contribution < -0.4 is 0 Å². The Bertz CT molecular complexity index is 1270. The molecule has 0 amide bonds. The van der Waals surface area contributed by atoms with Gasteiger partial charge in [0.2, 0.25) is 0 Å². The van der Waals surface area contributed by atoms with Crippen molar-refractivity contribution in [2.75, 3.05) is 20.3 Å². The zero-order valence-corrected chi connectivity index (χ0v) is 30.1. The van der Waals surface area contributed by atoms with Gasteiger partial charge in [0.05, 0.1) is 32.5 Å². The molecule has 0 radical (unpaired) electrons. The van der Waals surface area contributed by atoms with Crippen molar-refractivity contribution in [3.8, 4) is 0 Å². The predicted molar refractivity (Wildman–Crippen MR) is 169 cm³/mol. The second kappa shape index (κ2) is 18.9. The van der Waals surface area contributed by atoms with Gasteiger partial charge in [-0.2, -0.15) is 0 Å². The Morgan fingerprint density at radius 3 is 1.39 bits per heavy atom. The van der Waals surface area contributed by atoms with E-state index in [1.165, 1.54) is 13.8 Å². The van der Waals surface area contributed by atoms with E-state index in [0.717, 1.165) is 7.11 Å². The maximum atomic E-state index is 12.9. The van der Waals surface area contributed by atoms with Crippen LogP contribution in [0.4, 0.5) is 0 Å². The Kier molecular flexibility index (Phi) is 15.4. The van der Waals surface area contributed by atoms with Gasteiger partial charge >= 0.3 is 5.97 Å². The van der Waals surface area contributed by atoms with Crippen molar-refractivity contribution in [1.82, 2.24) is 0 Å². The summed E-state index contributed by atoms with van der Waals surface area (Å²) in [6.45, 7) is 0.838. The van der Waals surface area contributed by atoms with Gasteiger partial charge in [-0.15, -0.1) is 0 Å². The quantitative estimate of drug-likeness (QED) is 0.0860. The van der Waals surface area contributed by atoms with Gasteiger partial charge in [-0.05, 0) is 13.8 Å². The minimum atomic E-state index is -2.22. The zero-order valence-electron chi connectivity index (χ0n) is 30.1. The lowest BCUT2D eigenvalue weighted by molar-refractivity contribution is -0.403. The van der Waals surface area contributed by atoms with Gasteiger partial charge in [0.25, 0.3) is 0 Å². The van der Waals surface area contributed by atoms with Crippen molar-refractivity contribution in [2.24, 2.45) is 0 Å². The summed E-state index contributed by atoms with van der Waals surface area (Å²) in [4.78, 5) is 12.9. The number of aliphatic hydroxyl groups is 14. The van der Waals surface area contributed by atoms with Crippen molar-refractivity contribution in [1.29, 1.82) is 0 Å². The highest BCUT2D eigenvalue weighted by Gasteiger charge is 2.57. The first-order valence-corrected chi connectivity index (χ1v) is 17.7. The zero-order chi connectivity index (χ0) is 41.5. The summed E-state index contributed by atoms with van der Waals surface area (Å²) in [5.41, 5.74) is 0. The van der Waals surface area contributed by atoms with Gasteiger partial charge in [-0.1, -0.05) is 0 Å². The van der Waals surface area contributed by atoms with Crippen LogP contribution in [-0.4, -0.2) is 251 Å². The van der Waals surface area contributed by atoms with Crippen LogP contribution in [0.15, 0.2) is 0 Å². The molecule has 0 aromatic rings. The molecule has 0 spiro atoms. The third-order valence-corrected chi connectivity index (χ3v) is 10.4. The van der Waals surface area contributed by atoms with E-state index < -0.39 is 173 Å². The molecule has 5 saturated heterocycles. The molecule has 5 rings (SSSR count). The number of hydrogen-bond acceptors (Lipinski definition) is 25. The van der Waals surface area contributed by atoms with E-state index in [0.29, 0.717) is 0 Å². The Labute approximate surface area is 317 Å². The summed E-state index contributed by atoms with van der Waals surface area (Å²) >= 11 is 0. The average molecular weight is 825 g/mol. The normalized spacial score (nSPS) is 53.1. The lowest BCUT2D eigenvalue weighted by atomic mass is 9.95. The molecule has 0 saturated carbocycles. The first kappa shape index (κ1) is 45.6. The number of carbonyl (C=O) groups is 1. The van der Waals surface area contributed by atoms with E-state index in [1.54, 1.807) is 0 Å². The molecule has 0 unspecified atom stereocenters. The van der Waals surface area contributed by atoms with Crippen LogP contribution in [0.1, 0.15) is 13.8 Å². The molecular formula is C31H52O25. The van der Waals surface area contributed by atoms with E-state index in [9.17, 15) is 76.3 Å². The third-order valence-electron chi connectivity index (χ3n) is 10.4. The van der Waals surface area contributed by atoms with Gasteiger partial charge in [-0.25, -0.2) is 4.79 Å². The van der Waals surface area contributed by atoms with E-state index in [1.807, 2.05) is 0 Å². The fourth-order valence-corrected chi connectivity index (χ4v) is 6.94. The highest BCUT2D eigenvalue weighted by Crippen LogP contribution is 2.36. The number of aliphatic hydroxyl groups excluding tert-OH is 14. The van der Waals surface area contributed by atoms with E-state index in [4.69, 9.17) is 47.4 Å². The second-order valence-corrected chi connectivity index (χ2v) is 14.1. The van der Waals surface area contributed by atoms with Gasteiger partial charge in [0.15, 0.2) is 37.6 Å². The molecule has 5 aliphatic heterocycles. The highest BCUT2D eigenvalue weighted by atomic mass is 16.8. The molecular weight excluding hydrogens is 772 g/mol. The standard InChI is InChI=1S/C31H52O25/c1-6-10(34)14(38)18(42)28(48-6)55-23-16(40)11(35)7(2)49-30(23)56-24-17(41)13(37)9(5-33)51-31(24)53-21-20(44)22(27(46)52-25(21)26(45)47-3)54-29-19(43)15(39)12(36)8(4-32)50-29/h6-25,27-44,46H,4-5H2,1-3H3/t6-,7-,8+,9+,10-,11-,12+,13-,14+,15-,16+,17-,18+,19+,20-,21-,22+,23+,24+,25-,27+,28-,29-,30-,31-/m0/s1. The third kappa shape index (κ3) is 9.00. The van der Waals surface area contributed by atoms with Crippen LogP contribution in [0.2, 0.25) is 0 Å². The molecule has 25 nitrogen and oxygen atoms in total. The maximum Gasteiger partial charge on any atom is 0.337 e. The monoisotopic (exact) mass is 824 g/mol. The lowest BCUT2D eigenvalue weighted by Gasteiger charge is -2.49. The summed E-state index contributed by atoms with van der Waals surface area (Å²) in [6.07, 6.45) is -46.1. The van der Waals surface area contributed by atoms with Crippen molar-refractivity contribution in [2.45, 2.75) is 167 Å². The fraction of sp³-hybridized carbons (Fsp3) is 0.968. The van der Waals surface area contributed by atoms with Crippen molar-refractivity contribution >= 4 is 5.97 Å².